The third-order valence-corrected chi connectivity index (χ3v) is 4.33. The Morgan fingerprint density at radius 2 is 2.11 bits per heavy atom. The van der Waals surface area contributed by atoms with Crippen LogP contribution < -0.4 is 10.5 Å². The molecule has 2 N–H and O–H groups in total. The fourth-order valence-corrected chi connectivity index (χ4v) is 2.96. The molecule has 0 bridgehead atoms. The Kier molecular flexibility index (Phi) is 4.56. The SMILES string of the molecule is CCc1ccccc1OCc1nc(C)c(C(C)N)s1. The van der Waals surface area contributed by atoms with Gasteiger partial charge in [-0.05, 0) is 31.9 Å². The Bertz CT molecular complexity index is 549. The van der Waals surface area contributed by atoms with E-state index in [9.17, 15) is 0 Å². The molecule has 0 saturated heterocycles. The number of nitrogens with two attached hydrogens (primary N) is 1. The summed E-state index contributed by atoms with van der Waals surface area (Å²) in [5.74, 6) is 0.945. The number of aromatic nitrogens is 1. The fraction of sp³-hybridized carbons (Fsp3) is 0.400. The molecule has 19 heavy (non-hydrogen) atoms. The van der Waals surface area contributed by atoms with Crippen LogP contribution in [0.1, 0.15) is 41.0 Å². The first-order valence-electron chi connectivity index (χ1n) is 6.54. The van der Waals surface area contributed by atoms with Gasteiger partial charge in [-0.25, -0.2) is 4.98 Å². The number of benzene rings is 1. The molecule has 1 aromatic carbocycles. The molecule has 2 rings (SSSR count). The number of thiazole rings is 1. The molecule has 0 amide bonds. The summed E-state index contributed by atoms with van der Waals surface area (Å²) in [5, 5.41) is 0.982. The summed E-state index contributed by atoms with van der Waals surface area (Å²) >= 11 is 1.64. The van der Waals surface area contributed by atoms with Crippen molar-refractivity contribution in [3.05, 3.63) is 45.4 Å². The molecule has 0 aliphatic heterocycles. The molecule has 2 aromatic rings. The molecule has 1 aromatic heterocycles. The fourth-order valence-electron chi connectivity index (χ4n) is 2.03. The number of para-hydroxylation sites is 1. The van der Waals surface area contributed by atoms with E-state index in [4.69, 9.17) is 10.5 Å². The zero-order valence-corrected chi connectivity index (χ0v) is 12.5. The van der Waals surface area contributed by atoms with Crippen molar-refractivity contribution in [2.45, 2.75) is 39.8 Å². The highest BCUT2D eigenvalue weighted by Crippen LogP contribution is 2.25. The Balaban J connectivity index is 2.08. The van der Waals surface area contributed by atoms with Crippen LogP contribution in [0.25, 0.3) is 0 Å². The summed E-state index contributed by atoms with van der Waals surface area (Å²) in [5.41, 5.74) is 8.15. The summed E-state index contributed by atoms with van der Waals surface area (Å²) in [6.45, 7) is 6.62. The molecule has 1 atom stereocenters. The van der Waals surface area contributed by atoms with Gasteiger partial charge in [0.1, 0.15) is 17.4 Å². The molecule has 4 heteroatoms. The van der Waals surface area contributed by atoms with Gasteiger partial charge in [0, 0.05) is 10.9 Å². The Labute approximate surface area is 118 Å². The highest BCUT2D eigenvalue weighted by atomic mass is 32.1. The normalized spacial score (nSPS) is 12.4. The van der Waals surface area contributed by atoms with Crippen LogP contribution in [0, 0.1) is 6.92 Å². The molecule has 1 heterocycles. The van der Waals surface area contributed by atoms with E-state index in [0.717, 1.165) is 27.7 Å². The van der Waals surface area contributed by atoms with Gasteiger partial charge in [0.25, 0.3) is 0 Å². The summed E-state index contributed by atoms with van der Waals surface area (Å²) in [7, 11) is 0. The standard InChI is InChI=1S/C15H20N2OS/c1-4-12-7-5-6-8-13(12)18-9-14-17-11(3)15(19-14)10(2)16/h5-8,10H,4,9,16H2,1-3H3. The van der Waals surface area contributed by atoms with Gasteiger partial charge < -0.3 is 10.5 Å². The van der Waals surface area contributed by atoms with Crippen molar-refractivity contribution in [3.63, 3.8) is 0 Å². The van der Waals surface area contributed by atoms with Crippen molar-refractivity contribution >= 4 is 11.3 Å². The Morgan fingerprint density at radius 3 is 2.74 bits per heavy atom. The largest absolute Gasteiger partial charge is 0.486 e. The van der Waals surface area contributed by atoms with Gasteiger partial charge in [0.15, 0.2) is 0 Å². The molecule has 0 spiro atoms. The topological polar surface area (TPSA) is 48.1 Å². The molecular weight excluding hydrogens is 256 g/mol. The monoisotopic (exact) mass is 276 g/mol. The maximum Gasteiger partial charge on any atom is 0.140 e. The predicted octanol–water partition coefficient (Wildman–Crippen LogP) is 3.61. The molecular formula is C15H20N2OS. The summed E-state index contributed by atoms with van der Waals surface area (Å²) in [4.78, 5) is 5.66. The van der Waals surface area contributed by atoms with E-state index in [-0.39, 0.29) is 6.04 Å². The highest BCUT2D eigenvalue weighted by Gasteiger charge is 2.11. The molecule has 0 aliphatic rings. The van der Waals surface area contributed by atoms with Crippen molar-refractivity contribution in [1.82, 2.24) is 4.98 Å². The maximum absolute atomic E-state index is 5.91. The minimum Gasteiger partial charge on any atom is -0.486 e. The van der Waals surface area contributed by atoms with E-state index >= 15 is 0 Å². The van der Waals surface area contributed by atoms with Gasteiger partial charge in [-0.2, -0.15) is 0 Å². The Hall–Kier alpha value is -1.39. The van der Waals surface area contributed by atoms with Crippen LogP contribution in [0.15, 0.2) is 24.3 Å². The summed E-state index contributed by atoms with van der Waals surface area (Å²) in [6, 6.07) is 8.17. The predicted molar refractivity (Wildman–Crippen MR) is 79.6 cm³/mol. The van der Waals surface area contributed by atoms with Gasteiger partial charge in [0.2, 0.25) is 0 Å². The summed E-state index contributed by atoms with van der Waals surface area (Å²) < 4.78 is 5.87. The van der Waals surface area contributed by atoms with E-state index in [1.807, 2.05) is 32.0 Å². The minimum atomic E-state index is 0.0363. The zero-order valence-electron chi connectivity index (χ0n) is 11.6. The van der Waals surface area contributed by atoms with Crippen LogP contribution in [0.2, 0.25) is 0 Å². The average molecular weight is 276 g/mol. The molecule has 0 aliphatic carbocycles. The van der Waals surface area contributed by atoms with Crippen molar-refractivity contribution in [2.24, 2.45) is 5.73 Å². The third-order valence-electron chi connectivity index (χ3n) is 2.99. The lowest BCUT2D eigenvalue weighted by Crippen LogP contribution is -2.03. The lowest BCUT2D eigenvalue weighted by Gasteiger charge is -2.08. The van der Waals surface area contributed by atoms with E-state index < -0.39 is 0 Å². The first kappa shape index (κ1) is 14.0. The first-order valence-corrected chi connectivity index (χ1v) is 7.36. The minimum absolute atomic E-state index is 0.0363. The smallest absolute Gasteiger partial charge is 0.140 e. The van der Waals surface area contributed by atoms with Crippen LogP contribution >= 0.6 is 11.3 Å². The number of ether oxygens (including phenoxy) is 1. The van der Waals surface area contributed by atoms with Crippen LogP contribution in [-0.4, -0.2) is 4.98 Å². The zero-order chi connectivity index (χ0) is 13.8. The second kappa shape index (κ2) is 6.17. The maximum atomic E-state index is 5.91. The van der Waals surface area contributed by atoms with Crippen molar-refractivity contribution in [3.8, 4) is 5.75 Å². The van der Waals surface area contributed by atoms with E-state index in [0.29, 0.717) is 6.61 Å². The second-order valence-corrected chi connectivity index (χ2v) is 5.71. The lowest BCUT2D eigenvalue weighted by molar-refractivity contribution is 0.302. The molecule has 0 saturated carbocycles. The van der Waals surface area contributed by atoms with E-state index in [1.54, 1.807) is 11.3 Å². The van der Waals surface area contributed by atoms with E-state index in [1.165, 1.54) is 5.56 Å². The molecule has 0 fully saturated rings. The van der Waals surface area contributed by atoms with Gasteiger partial charge in [-0.1, -0.05) is 25.1 Å². The lowest BCUT2D eigenvalue weighted by atomic mass is 10.1. The third kappa shape index (κ3) is 3.33. The van der Waals surface area contributed by atoms with Crippen molar-refractivity contribution in [2.75, 3.05) is 0 Å². The summed E-state index contributed by atoms with van der Waals surface area (Å²) in [6.07, 6.45) is 0.970. The molecule has 1 unspecified atom stereocenters. The van der Waals surface area contributed by atoms with Gasteiger partial charge >= 0.3 is 0 Å². The Morgan fingerprint density at radius 1 is 1.37 bits per heavy atom. The quantitative estimate of drug-likeness (QED) is 0.907. The number of hydrogen-bond donors (Lipinski definition) is 1. The van der Waals surface area contributed by atoms with Crippen molar-refractivity contribution < 1.29 is 4.74 Å². The average Bonchev–Trinajstić information content (AvgIpc) is 2.78. The van der Waals surface area contributed by atoms with Gasteiger partial charge in [-0.15, -0.1) is 11.3 Å². The van der Waals surface area contributed by atoms with Crippen LogP contribution in [0.5, 0.6) is 5.75 Å². The van der Waals surface area contributed by atoms with Crippen LogP contribution in [0.4, 0.5) is 0 Å². The van der Waals surface area contributed by atoms with Gasteiger partial charge in [-0.3, -0.25) is 0 Å². The van der Waals surface area contributed by atoms with Crippen LogP contribution in [-0.2, 0) is 13.0 Å². The number of hydrogen-bond acceptors (Lipinski definition) is 4. The highest BCUT2D eigenvalue weighted by molar-refractivity contribution is 7.11. The second-order valence-electron chi connectivity index (χ2n) is 4.60. The first-order chi connectivity index (χ1) is 9.11. The van der Waals surface area contributed by atoms with Crippen molar-refractivity contribution in [1.29, 1.82) is 0 Å². The van der Waals surface area contributed by atoms with Crippen LogP contribution in [0.3, 0.4) is 0 Å². The number of aryl methyl sites for hydroxylation is 2. The molecule has 0 radical (unpaired) electrons. The van der Waals surface area contributed by atoms with E-state index in [2.05, 4.69) is 18.0 Å². The molecule has 102 valence electrons. The van der Waals surface area contributed by atoms with Gasteiger partial charge in [0.05, 0.1) is 5.69 Å². The number of nitrogens with zero attached hydrogens (tertiary/aromatic N) is 1. The molecule has 3 nitrogen and oxygen atoms in total. The number of rotatable bonds is 5.